The van der Waals surface area contributed by atoms with Crippen molar-refractivity contribution in [1.29, 1.82) is 0 Å². The fourth-order valence-electron chi connectivity index (χ4n) is 2.72. The fourth-order valence-corrected chi connectivity index (χ4v) is 2.96. The zero-order valence-corrected chi connectivity index (χ0v) is 13.1. The second-order valence-electron chi connectivity index (χ2n) is 5.33. The number of hydrogen-bond acceptors (Lipinski definition) is 2. The summed E-state index contributed by atoms with van der Waals surface area (Å²) in [6, 6.07) is 10.7. The molecule has 0 spiro atoms. The molecule has 2 aromatic carbocycles. The summed E-state index contributed by atoms with van der Waals surface area (Å²) in [7, 11) is 0. The lowest BCUT2D eigenvalue weighted by molar-refractivity contribution is 0.0742. The molecule has 1 heterocycles. The Morgan fingerprint density at radius 1 is 0.913 bits per heavy atom. The third kappa shape index (κ3) is 3.15. The molecule has 1 amide bonds. The van der Waals surface area contributed by atoms with Crippen molar-refractivity contribution < 1.29 is 13.6 Å². The van der Waals surface area contributed by atoms with Crippen LogP contribution in [-0.2, 0) is 0 Å². The summed E-state index contributed by atoms with van der Waals surface area (Å²) >= 11 is 5.94. The van der Waals surface area contributed by atoms with Gasteiger partial charge in [0.05, 0.1) is 16.3 Å². The van der Waals surface area contributed by atoms with Gasteiger partial charge in [0, 0.05) is 26.2 Å². The molecule has 0 aromatic heterocycles. The maximum absolute atomic E-state index is 13.9. The molecule has 2 aromatic rings. The van der Waals surface area contributed by atoms with E-state index in [1.54, 1.807) is 23.1 Å². The highest BCUT2D eigenvalue weighted by Gasteiger charge is 2.26. The molecule has 0 aliphatic carbocycles. The number of carbonyl (C=O) groups excluding carboxylic acids is 1. The maximum atomic E-state index is 13.9. The van der Waals surface area contributed by atoms with Crippen molar-refractivity contribution in [2.24, 2.45) is 0 Å². The normalized spacial score (nSPS) is 14.9. The van der Waals surface area contributed by atoms with Crippen LogP contribution in [0.15, 0.2) is 42.5 Å². The highest BCUT2D eigenvalue weighted by Crippen LogP contribution is 2.23. The van der Waals surface area contributed by atoms with E-state index in [2.05, 4.69) is 0 Å². The van der Waals surface area contributed by atoms with Gasteiger partial charge in [-0.05, 0) is 24.3 Å². The highest BCUT2D eigenvalue weighted by molar-refractivity contribution is 6.33. The molecule has 1 aliphatic rings. The molecule has 0 unspecified atom stereocenters. The Morgan fingerprint density at radius 2 is 1.57 bits per heavy atom. The van der Waals surface area contributed by atoms with Gasteiger partial charge in [-0.25, -0.2) is 8.78 Å². The molecule has 6 heteroatoms. The topological polar surface area (TPSA) is 23.6 Å². The summed E-state index contributed by atoms with van der Waals surface area (Å²) in [6.07, 6.45) is 0. The van der Waals surface area contributed by atoms with Crippen LogP contribution in [0.5, 0.6) is 0 Å². The second-order valence-corrected chi connectivity index (χ2v) is 5.73. The molecule has 0 saturated carbocycles. The minimum Gasteiger partial charge on any atom is -0.366 e. The molecule has 0 N–H and O–H groups in total. The molecule has 3 nitrogen and oxygen atoms in total. The number of benzene rings is 2. The smallest absolute Gasteiger partial charge is 0.258 e. The molecule has 1 aliphatic heterocycles. The third-order valence-corrected chi connectivity index (χ3v) is 4.25. The molecular weight excluding hydrogens is 322 g/mol. The number of para-hydroxylation sites is 1. The average molecular weight is 337 g/mol. The van der Waals surface area contributed by atoms with Gasteiger partial charge in [0.15, 0.2) is 0 Å². The van der Waals surface area contributed by atoms with Crippen LogP contribution in [0.3, 0.4) is 0 Å². The standard InChI is InChI=1S/C17H15ClF2N2O/c18-12-4-3-6-14(20)16(12)17(23)22-10-8-21(9-11-22)15-7-2-1-5-13(15)19/h1-7H,8-11H2. The van der Waals surface area contributed by atoms with Crippen molar-refractivity contribution in [2.45, 2.75) is 0 Å². The van der Waals surface area contributed by atoms with Crippen molar-refractivity contribution >= 4 is 23.2 Å². The minimum absolute atomic E-state index is 0.103. The van der Waals surface area contributed by atoms with Gasteiger partial charge in [0.1, 0.15) is 11.6 Å². The zero-order valence-electron chi connectivity index (χ0n) is 12.3. The number of nitrogens with zero attached hydrogens (tertiary/aromatic N) is 2. The van der Waals surface area contributed by atoms with Crippen LogP contribution in [0, 0.1) is 11.6 Å². The molecule has 3 rings (SSSR count). The quantitative estimate of drug-likeness (QED) is 0.837. The van der Waals surface area contributed by atoms with Crippen molar-refractivity contribution in [1.82, 2.24) is 4.90 Å². The van der Waals surface area contributed by atoms with E-state index in [9.17, 15) is 13.6 Å². The van der Waals surface area contributed by atoms with Gasteiger partial charge >= 0.3 is 0 Å². The summed E-state index contributed by atoms with van der Waals surface area (Å²) < 4.78 is 27.7. The van der Waals surface area contributed by atoms with Crippen molar-refractivity contribution in [2.75, 3.05) is 31.1 Å². The predicted octanol–water partition coefficient (Wildman–Crippen LogP) is 3.58. The molecule has 23 heavy (non-hydrogen) atoms. The average Bonchev–Trinajstić information content (AvgIpc) is 2.55. The Kier molecular flexibility index (Phi) is 4.48. The molecule has 1 saturated heterocycles. The first-order chi connectivity index (χ1) is 11.1. The van der Waals surface area contributed by atoms with Crippen LogP contribution in [0.25, 0.3) is 0 Å². The Hall–Kier alpha value is -2.14. The first-order valence-electron chi connectivity index (χ1n) is 7.30. The van der Waals surface area contributed by atoms with Crippen LogP contribution in [-0.4, -0.2) is 37.0 Å². The van der Waals surface area contributed by atoms with Gasteiger partial charge in [-0.3, -0.25) is 4.79 Å². The van der Waals surface area contributed by atoms with Crippen molar-refractivity contribution in [3.63, 3.8) is 0 Å². The van der Waals surface area contributed by atoms with Gasteiger partial charge in [0.25, 0.3) is 5.91 Å². The first kappa shape index (κ1) is 15.7. The summed E-state index contributed by atoms with van der Waals surface area (Å²) in [4.78, 5) is 15.9. The van der Waals surface area contributed by atoms with Crippen LogP contribution in [0.4, 0.5) is 14.5 Å². The van der Waals surface area contributed by atoms with Gasteiger partial charge in [-0.15, -0.1) is 0 Å². The predicted molar refractivity (Wildman–Crippen MR) is 85.9 cm³/mol. The Balaban J connectivity index is 1.72. The minimum atomic E-state index is -0.626. The lowest BCUT2D eigenvalue weighted by Gasteiger charge is -2.36. The first-order valence-corrected chi connectivity index (χ1v) is 7.68. The van der Waals surface area contributed by atoms with E-state index in [1.807, 2.05) is 4.90 Å². The molecule has 1 fully saturated rings. The van der Waals surface area contributed by atoms with Crippen LogP contribution < -0.4 is 4.90 Å². The Labute approximate surface area is 138 Å². The highest BCUT2D eigenvalue weighted by atomic mass is 35.5. The summed E-state index contributed by atoms with van der Waals surface area (Å²) in [5.74, 6) is -1.34. The molecule has 0 bridgehead atoms. The third-order valence-electron chi connectivity index (χ3n) is 3.94. The molecule has 120 valence electrons. The summed E-state index contributed by atoms with van der Waals surface area (Å²) in [5, 5.41) is 0.103. The van der Waals surface area contributed by atoms with Crippen LogP contribution in [0.1, 0.15) is 10.4 Å². The number of hydrogen-bond donors (Lipinski definition) is 0. The van der Waals surface area contributed by atoms with Gasteiger partial charge in [-0.2, -0.15) is 0 Å². The molecule has 0 atom stereocenters. The number of amides is 1. The second kappa shape index (κ2) is 6.54. The Bertz CT molecular complexity index is 710. The van der Waals surface area contributed by atoms with Gasteiger partial charge < -0.3 is 9.80 Å². The monoisotopic (exact) mass is 336 g/mol. The van der Waals surface area contributed by atoms with E-state index in [-0.39, 0.29) is 16.4 Å². The Morgan fingerprint density at radius 3 is 2.22 bits per heavy atom. The summed E-state index contributed by atoms with van der Waals surface area (Å²) in [6.45, 7) is 1.74. The zero-order chi connectivity index (χ0) is 16.4. The number of piperazine rings is 1. The van der Waals surface area contributed by atoms with E-state index in [0.29, 0.717) is 31.9 Å². The number of rotatable bonds is 2. The number of anilines is 1. The van der Waals surface area contributed by atoms with E-state index >= 15 is 0 Å². The number of halogens is 3. The van der Waals surface area contributed by atoms with Crippen molar-refractivity contribution in [3.05, 3.63) is 64.7 Å². The van der Waals surface area contributed by atoms with E-state index in [0.717, 1.165) is 0 Å². The lowest BCUT2D eigenvalue weighted by atomic mass is 10.1. The summed E-state index contributed by atoms with van der Waals surface area (Å²) in [5.41, 5.74) is 0.414. The van der Waals surface area contributed by atoms with E-state index < -0.39 is 11.7 Å². The van der Waals surface area contributed by atoms with E-state index in [1.165, 1.54) is 24.3 Å². The SMILES string of the molecule is O=C(c1c(F)cccc1Cl)N1CCN(c2ccccc2F)CC1. The fraction of sp³-hybridized carbons (Fsp3) is 0.235. The largest absolute Gasteiger partial charge is 0.366 e. The molecular formula is C17H15ClF2N2O. The maximum Gasteiger partial charge on any atom is 0.258 e. The van der Waals surface area contributed by atoms with Crippen LogP contribution >= 0.6 is 11.6 Å². The van der Waals surface area contributed by atoms with E-state index in [4.69, 9.17) is 11.6 Å². The van der Waals surface area contributed by atoms with Gasteiger partial charge in [0.2, 0.25) is 0 Å². The number of carbonyl (C=O) groups is 1. The van der Waals surface area contributed by atoms with Crippen molar-refractivity contribution in [3.8, 4) is 0 Å². The van der Waals surface area contributed by atoms with Crippen LogP contribution in [0.2, 0.25) is 5.02 Å². The lowest BCUT2D eigenvalue weighted by Crippen LogP contribution is -2.49. The molecule has 0 radical (unpaired) electrons. The van der Waals surface area contributed by atoms with Gasteiger partial charge in [-0.1, -0.05) is 29.8 Å².